The molecule has 2 N–H and O–H groups in total. The van der Waals surface area contributed by atoms with Crippen LogP contribution in [-0.2, 0) is 21.2 Å². The predicted octanol–water partition coefficient (Wildman–Crippen LogP) is 2.67. The van der Waals surface area contributed by atoms with E-state index in [4.69, 9.17) is 5.11 Å². The van der Waals surface area contributed by atoms with E-state index in [1.165, 1.54) is 29.4 Å². The van der Waals surface area contributed by atoms with Gasteiger partial charge in [0.25, 0.3) is 0 Å². The Balaban J connectivity index is 1.70. The topological polar surface area (TPSA) is 127 Å². The number of hydrogen-bond acceptors (Lipinski definition) is 6. The molecule has 0 saturated heterocycles. The Morgan fingerprint density at radius 2 is 1.81 bits per heavy atom. The van der Waals surface area contributed by atoms with Gasteiger partial charge in [-0.3, -0.25) is 4.79 Å². The summed E-state index contributed by atoms with van der Waals surface area (Å²) in [6.07, 6.45) is 3.32. The summed E-state index contributed by atoms with van der Waals surface area (Å²) in [5.41, 5.74) is 2.66. The van der Waals surface area contributed by atoms with Gasteiger partial charge in [-0.25, -0.2) is 13.1 Å². The number of aryl methyl sites for hydroxylation is 1. The molecule has 1 atom stereocenters. The molecule has 3 rings (SSSR count). The minimum Gasteiger partial charge on any atom is -0.481 e. The van der Waals surface area contributed by atoms with Crippen LogP contribution in [0.4, 0.5) is 0 Å². The summed E-state index contributed by atoms with van der Waals surface area (Å²) in [6, 6.07) is 14.0. The summed E-state index contributed by atoms with van der Waals surface area (Å²) >= 11 is 0. The van der Waals surface area contributed by atoms with Crippen molar-refractivity contribution in [3.63, 3.8) is 0 Å². The van der Waals surface area contributed by atoms with Crippen molar-refractivity contribution in [3.05, 3.63) is 54.1 Å². The first-order chi connectivity index (χ1) is 14.8. The normalized spacial score (nSPS) is 12.6. The van der Waals surface area contributed by atoms with Crippen LogP contribution in [0.25, 0.3) is 17.1 Å². The first-order valence-electron chi connectivity index (χ1n) is 10.0. The van der Waals surface area contributed by atoms with E-state index < -0.39 is 21.9 Å². The molecule has 0 aliphatic carbocycles. The van der Waals surface area contributed by atoms with E-state index in [0.29, 0.717) is 11.4 Å². The van der Waals surface area contributed by atoms with Crippen LogP contribution in [-0.4, -0.2) is 46.2 Å². The number of nitrogens with one attached hydrogen (secondary N) is 1. The molecule has 9 nitrogen and oxygen atoms in total. The second-order valence-electron chi connectivity index (χ2n) is 7.29. The highest BCUT2D eigenvalue weighted by Gasteiger charge is 2.18. The van der Waals surface area contributed by atoms with E-state index in [2.05, 4.69) is 27.1 Å². The number of carboxylic acids is 1. The van der Waals surface area contributed by atoms with Gasteiger partial charge in [-0.15, -0.1) is 15.0 Å². The average molecular weight is 444 g/mol. The van der Waals surface area contributed by atoms with Gasteiger partial charge in [0.05, 0.1) is 16.5 Å². The van der Waals surface area contributed by atoms with Gasteiger partial charge in [-0.2, -0.15) is 0 Å². The van der Waals surface area contributed by atoms with Crippen molar-refractivity contribution < 1.29 is 18.3 Å². The number of aliphatic carboxylic acids is 1. The SMILES string of the molecule is CCCCc1ccc(-n2nnc(-c3ccc(S(=O)(=O)NCC(C)C(=O)O)cc3)n2)cc1. The van der Waals surface area contributed by atoms with Crippen LogP contribution in [0.5, 0.6) is 0 Å². The number of carbonyl (C=O) groups is 1. The highest BCUT2D eigenvalue weighted by atomic mass is 32.2. The Labute approximate surface area is 181 Å². The lowest BCUT2D eigenvalue weighted by molar-refractivity contribution is -0.140. The molecular formula is C21H25N5O4S. The molecule has 164 valence electrons. The number of carboxylic acid groups (broad SMARTS) is 1. The third-order valence-electron chi connectivity index (χ3n) is 4.82. The number of unbranched alkanes of at least 4 members (excludes halogenated alkanes) is 1. The Morgan fingerprint density at radius 3 is 2.42 bits per heavy atom. The van der Waals surface area contributed by atoms with E-state index in [1.54, 1.807) is 12.1 Å². The van der Waals surface area contributed by atoms with E-state index in [0.717, 1.165) is 24.9 Å². The summed E-state index contributed by atoms with van der Waals surface area (Å²) in [6.45, 7) is 3.40. The van der Waals surface area contributed by atoms with Crippen LogP contribution < -0.4 is 4.72 Å². The smallest absolute Gasteiger partial charge is 0.307 e. The minimum absolute atomic E-state index is 0.0314. The highest BCUT2D eigenvalue weighted by molar-refractivity contribution is 7.89. The molecule has 0 aliphatic heterocycles. The number of nitrogens with zero attached hydrogens (tertiary/aromatic N) is 4. The molecule has 0 bridgehead atoms. The molecule has 1 aromatic heterocycles. The number of sulfonamides is 1. The van der Waals surface area contributed by atoms with Gasteiger partial charge in [-0.05, 0) is 60.0 Å². The molecule has 3 aromatic rings. The van der Waals surface area contributed by atoms with Crippen molar-refractivity contribution in [3.8, 4) is 17.1 Å². The lowest BCUT2D eigenvalue weighted by Gasteiger charge is -2.09. The fourth-order valence-corrected chi connectivity index (χ4v) is 3.94. The number of aromatic nitrogens is 4. The molecule has 0 saturated carbocycles. The van der Waals surface area contributed by atoms with Crippen LogP contribution in [0.3, 0.4) is 0 Å². The summed E-state index contributed by atoms with van der Waals surface area (Å²) in [4.78, 5) is 12.3. The molecule has 10 heteroatoms. The van der Waals surface area contributed by atoms with E-state index in [9.17, 15) is 13.2 Å². The van der Waals surface area contributed by atoms with Crippen molar-refractivity contribution >= 4 is 16.0 Å². The van der Waals surface area contributed by atoms with E-state index in [1.807, 2.05) is 24.3 Å². The van der Waals surface area contributed by atoms with Crippen LogP contribution in [0.2, 0.25) is 0 Å². The molecule has 0 radical (unpaired) electrons. The summed E-state index contributed by atoms with van der Waals surface area (Å²) in [5.74, 6) is -1.52. The second-order valence-corrected chi connectivity index (χ2v) is 9.06. The molecule has 31 heavy (non-hydrogen) atoms. The standard InChI is InChI=1S/C21H25N5O4S/c1-3-4-5-16-6-10-18(11-7-16)26-24-20(23-25-26)17-8-12-19(13-9-17)31(29,30)22-14-15(2)21(27)28/h6-13,15,22H,3-5,14H2,1-2H3,(H,27,28). The zero-order valence-electron chi connectivity index (χ0n) is 17.4. The molecule has 0 aliphatic rings. The van der Waals surface area contributed by atoms with Gasteiger partial charge >= 0.3 is 5.97 Å². The van der Waals surface area contributed by atoms with Crippen LogP contribution >= 0.6 is 0 Å². The maximum Gasteiger partial charge on any atom is 0.307 e. The Hall–Kier alpha value is -3.11. The lowest BCUT2D eigenvalue weighted by atomic mass is 10.1. The Kier molecular flexibility index (Phi) is 7.13. The van der Waals surface area contributed by atoms with Crippen molar-refractivity contribution in [2.45, 2.75) is 38.0 Å². The maximum absolute atomic E-state index is 12.3. The Morgan fingerprint density at radius 1 is 1.13 bits per heavy atom. The van der Waals surface area contributed by atoms with Gasteiger partial charge in [0, 0.05) is 12.1 Å². The first kappa shape index (κ1) is 22.6. The summed E-state index contributed by atoms with van der Waals surface area (Å²) in [5, 5.41) is 21.4. The van der Waals surface area contributed by atoms with Gasteiger partial charge < -0.3 is 5.11 Å². The average Bonchev–Trinajstić information content (AvgIpc) is 3.27. The van der Waals surface area contributed by atoms with Gasteiger partial charge in [0.2, 0.25) is 15.8 Å². The number of benzene rings is 2. The zero-order chi connectivity index (χ0) is 22.4. The van der Waals surface area contributed by atoms with Gasteiger partial charge in [-0.1, -0.05) is 32.4 Å². The quantitative estimate of drug-likeness (QED) is 0.493. The molecule has 2 aromatic carbocycles. The number of hydrogen-bond donors (Lipinski definition) is 2. The van der Waals surface area contributed by atoms with Crippen molar-refractivity contribution in [1.29, 1.82) is 0 Å². The monoisotopic (exact) mass is 443 g/mol. The molecule has 0 fully saturated rings. The van der Waals surface area contributed by atoms with Crippen LogP contribution in [0, 0.1) is 5.92 Å². The first-order valence-corrected chi connectivity index (χ1v) is 11.5. The molecule has 0 amide bonds. The van der Waals surface area contributed by atoms with Gasteiger partial charge in [0.1, 0.15) is 0 Å². The number of tetrazole rings is 1. The van der Waals surface area contributed by atoms with Gasteiger partial charge in [0.15, 0.2) is 0 Å². The molecule has 1 unspecified atom stereocenters. The molecule has 1 heterocycles. The Bertz CT molecular complexity index is 1130. The molecular weight excluding hydrogens is 418 g/mol. The number of rotatable bonds is 10. The van der Waals surface area contributed by atoms with E-state index >= 15 is 0 Å². The summed E-state index contributed by atoms with van der Waals surface area (Å²) in [7, 11) is -3.81. The maximum atomic E-state index is 12.3. The third kappa shape index (κ3) is 5.74. The van der Waals surface area contributed by atoms with Crippen molar-refractivity contribution in [2.75, 3.05) is 6.54 Å². The van der Waals surface area contributed by atoms with E-state index in [-0.39, 0.29) is 11.4 Å². The van der Waals surface area contributed by atoms with Crippen LogP contribution in [0.15, 0.2) is 53.4 Å². The fraction of sp³-hybridized carbons (Fsp3) is 0.333. The molecule has 0 spiro atoms. The summed E-state index contributed by atoms with van der Waals surface area (Å²) < 4.78 is 27.0. The minimum atomic E-state index is -3.81. The van der Waals surface area contributed by atoms with Crippen molar-refractivity contribution in [1.82, 2.24) is 24.9 Å². The highest BCUT2D eigenvalue weighted by Crippen LogP contribution is 2.18. The fourth-order valence-electron chi connectivity index (χ4n) is 2.80. The second kappa shape index (κ2) is 9.80. The third-order valence-corrected chi connectivity index (χ3v) is 6.26. The van der Waals surface area contributed by atoms with Crippen LogP contribution in [0.1, 0.15) is 32.3 Å². The van der Waals surface area contributed by atoms with Crippen molar-refractivity contribution in [2.24, 2.45) is 5.92 Å². The largest absolute Gasteiger partial charge is 0.481 e. The zero-order valence-corrected chi connectivity index (χ0v) is 18.2. The lowest BCUT2D eigenvalue weighted by Crippen LogP contribution is -2.31. The predicted molar refractivity (Wildman–Crippen MR) is 115 cm³/mol.